The zero-order chi connectivity index (χ0) is 16.2. The van der Waals surface area contributed by atoms with Crippen molar-refractivity contribution in [3.8, 4) is 11.5 Å². The normalized spacial score (nSPS) is 12.6. The van der Waals surface area contributed by atoms with Crippen molar-refractivity contribution in [2.75, 3.05) is 32.6 Å². The number of fused-ring (bicyclic) bond motifs is 1. The smallest absolute Gasteiger partial charge is 0.253 e. The number of amides is 1. The molecule has 120 valence electrons. The van der Waals surface area contributed by atoms with Crippen LogP contribution in [0.15, 0.2) is 36.5 Å². The van der Waals surface area contributed by atoms with Crippen molar-refractivity contribution in [3.05, 3.63) is 47.8 Å². The molecule has 0 unspecified atom stereocenters. The van der Waals surface area contributed by atoms with Crippen LogP contribution >= 0.6 is 0 Å². The third-order valence-electron chi connectivity index (χ3n) is 3.50. The van der Waals surface area contributed by atoms with Crippen molar-refractivity contribution in [1.82, 2.24) is 9.88 Å². The fourth-order valence-corrected chi connectivity index (χ4v) is 2.27. The lowest BCUT2D eigenvalue weighted by Crippen LogP contribution is -2.21. The van der Waals surface area contributed by atoms with E-state index in [-0.39, 0.29) is 5.91 Å². The summed E-state index contributed by atoms with van der Waals surface area (Å²) in [5.41, 5.74) is 2.46. The van der Waals surface area contributed by atoms with Gasteiger partial charge in [-0.15, -0.1) is 0 Å². The Hall–Kier alpha value is -2.76. The topological polar surface area (TPSA) is 63.7 Å². The van der Waals surface area contributed by atoms with Crippen molar-refractivity contribution in [2.45, 2.75) is 6.54 Å². The summed E-state index contributed by atoms with van der Waals surface area (Å²) in [6.45, 7) is 1.69. The quantitative estimate of drug-likeness (QED) is 0.937. The zero-order valence-corrected chi connectivity index (χ0v) is 13.2. The molecule has 1 N–H and O–H groups in total. The SMILES string of the molecule is CN(C)C(=O)c1ccc(NCc2cc3c(cn2)OCCO3)cc1. The van der Waals surface area contributed by atoms with Crippen LogP contribution in [0.1, 0.15) is 16.1 Å². The molecular weight excluding hydrogens is 294 g/mol. The first-order valence-corrected chi connectivity index (χ1v) is 7.43. The largest absolute Gasteiger partial charge is 0.486 e. The van der Waals surface area contributed by atoms with Crippen molar-refractivity contribution < 1.29 is 14.3 Å². The Balaban J connectivity index is 1.63. The van der Waals surface area contributed by atoms with Crippen LogP contribution in [0.3, 0.4) is 0 Å². The van der Waals surface area contributed by atoms with Gasteiger partial charge in [-0.2, -0.15) is 0 Å². The lowest BCUT2D eigenvalue weighted by molar-refractivity contribution is 0.0827. The average molecular weight is 313 g/mol. The standard InChI is InChI=1S/C17H19N3O3/c1-20(2)17(21)12-3-5-13(6-4-12)18-10-14-9-15-16(11-19-14)23-8-7-22-15/h3-6,9,11,18H,7-8,10H2,1-2H3. The van der Waals surface area contributed by atoms with Gasteiger partial charge in [-0.1, -0.05) is 0 Å². The molecule has 1 aliphatic heterocycles. The van der Waals surface area contributed by atoms with Gasteiger partial charge in [-0.25, -0.2) is 0 Å². The van der Waals surface area contributed by atoms with E-state index in [2.05, 4.69) is 10.3 Å². The lowest BCUT2D eigenvalue weighted by Gasteiger charge is -2.18. The highest BCUT2D eigenvalue weighted by molar-refractivity contribution is 5.94. The second-order valence-corrected chi connectivity index (χ2v) is 5.45. The first kappa shape index (κ1) is 15.1. The van der Waals surface area contributed by atoms with Crippen LogP contribution in [0.25, 0.3) is 0 Å². The van der Waals surface area contributed by atoms with E-state index in [1.165, 1.54) is 0 Å². The van der Waals surface area contributed by atoms with Crippen LogP contribution < -0.4 is 14.8 Å². The van der Waals surface area contributed by atoms with Crippen LogP contribution in [0.4, 0.5) is 5.69 Å². The summed E-state index contributed by atoms with van der Waals surface area (Å²) in [5, 5.41) is 3.28. The van der Waals surface area contributed by atoms with Crippen LogP contribution in [-0.2, 0) is 6.54 Å². The number of hydrogen-bond donors (Lipinski definition) is 1. The Bertz CT molecular complexity index is 699. The number of hydrogen-bond acceptors (Lipinski definition) is 5. The van der Waals surface area contributed by atoms with Crippen LogP contribution in [-0.4, -0.2) is 43.1 Å². The molecule has 2 aromatic rings. The number of carbonyl (C=O) groups excluding carboxylic acids is 1. The minimum absolute atomic E-state index is 0.00921. The Morgan fingerprint density at radius 1 is 1.17 bits per heavy atom. The highest BCUT2D eigenvalue weighted by atomic mass is 16.6. The number of ether oxygens (including phenoxy) is 2. The summed E-state index contributed by atoms with van der Waals surface area (Å²) < 4.78 is 11.0. The zero-order valence-electron chi connectivity index (χ0n) is 13.2. The van der Waals surface area contributed by atoms with Gasteiger partial charge in [-0.3, -0.25) is 9.78 Å². The van der Waals surface area contributed by atoms with Gasteiger partial charge < -0.3 is 19.7 Å². The van der Waals surface area contributed by atoms with Gasteiger partial charge in [0.25, 0.3) is 5.91 Å². The number of nitrogens with one attached hydrogen (secondary N) is 1. The van der Waals surface area contributed by atoms with Crippen LogP contribution in [0, 0.1) is 0 Å². The first-order chi connectivity index (χ1) is 11.1. The number of aromatic nitrogens is 1. The van der Waals surface area contributed by atoms with E-state index in [1.54, 1.807) is 25.2 Å². The molecule has 3 rings (SSSR count). The molecule has 0 radical (unpaired) electrons. The van der Waals surface area contributed by atoms with E-state index in [4.69, 9.17) is 9.47 Å². The molecule has 0 bridgehead atoms. The summed E-state index contributed by atoms with van der Waals surface area (Å²) in [7, 11) is 3.48. The van der Waals surface area contributed by atoms with Gasteiger partial charge >= 0.3 is 0 Å². The molecule has 0 fully saturated rings. The maximum Gasteiger partial charge on any atom is 0.253 e. The monoisotopic (exact) mass is 313 g/mol. The third-order valence-corrected chi connectivity index (χ3v) is 3.50. The molecule has 1 aromatic carbocycles. The fourth-order valence-electron chi connectivity index (χ4n) is 2.27. The van der Waals surface area contributed by atoms with Crippen molar-refractivity contribution in [2.24, 2.45) is 0 Å². The van der Waals surface area contributed by atoms with Crippen molar-refractivity contribution in [1.29, 1.82) is 0 Å². The van der Waals surface area contributed by atoms with Gasteiger partial charge in [-0.05, 0) is 24.3 Å². The molecular formula is C17H19N3O3. The van der Waals surface area contributed by atoms with E-state index in [1.807, 2.05) is 30.3 Å². The molecule has 1 aliphatic rings. The van der Waals surface area contributed by atoms with Crippen molar-refractivity contribution in [3.63, 3.8) is 0 Å². The van der Waals surface area contributed by atoms with E-state index in [9.17, 15) is 4.79 Å². The van der Waals surface area contributed by atoms with E-state index in [0.29, 0.717) is 31.1 Å². The van der Waals surface area contributed by atoms with Crippen LogP contribution in [0.2, 0.25) is 0 Å². The fraction of sp³-hybridized carbons (Fsp3) is 0.294. The second-order valence-electron chi connectivity index (χ2n) is 5.45. The van der Waals surface area contributed by atoms with Crippen LogP contribution in [0.5, 0.6) is 11.5 Å². The summed E-state index contributed by atoms with van der Waals surface area (Å²) in [6, 6.07) is 9.26. The Morgan fingerprint density at radius 3 is 2.57 bits per heavy atom. The molecule has 2 heterocycles. The van der Waals surface area contributed by atoms with Crippen molar-refractivity contribution >= 4 is 11.6 Å². The number of nitrogens with zero attached hydrogens (tertiary/aromatic N) is 2. The van der Waals surface area contributed by atoms with Gasteiger partial charge in [0.15, 0.2) is 11.5 Å². The maximum atomic E-state index is 11.8. The third kappa shape index (κ3) is 3.53. The minimum Gasteiger partial charge on any atom is -0.486 e. The predicted molar refractivity (Wildman–Crippen MR) is 87.0 cm³/mol. The molecule has 6 heteroatoms. The molecule has 0 atom stereocenters. The highest BCUT2D eigenvalue weighted by Gasteiger charge is 2.12. The number of pyridine rings is 1. The summed E-state index contributed by atoms with van der Waals surface area (Å²) in [6.07, 6.45) is 1.68. The summed E-state index contributed by atoms with van der Waals surface area (Å²) >= 11 is 0. The number of benzene rings is 1. The Labute approximate surface area is 135 Å². The predicted octanol–water partition coefficient (Wildman–Crippen LogP) is 2.17. The molecule has 1 aromatic heterocycles. The number of carbonyl (C=O) groups is 1. The van der Waals surface area contributed by atoms with Gasteiger partial charge in [0.05, 0.1) is 18.4 Å². The minimum atomic E-state index is -0.00921. The van der Waals surface area contributed by atoms with E-state index < -0.39 is 0 Å². The molecule has 1 amide bonds. The maximum absolute atomic E-state index is 11.8. The Kier molecular flexibility index (Phi) is 4.32. The number of anilines is 1. The Morgan fingerprint density at radius 2 is 1.87 bits per heavy atom. The molecule has 0 aliphatic carbocycles. The van der Waals surface area contributed by atoms with Gasteiger partial charge in [0.2, 0.25) is 0 Å². The van der Waals surface area contributed by atoms with E-state index >= 15 is 0 Å². The first-order valence-electron chi connectivity index (χ1n) is 7.43. The van der Waals surface area contributed by atoms with Gasteiger partial charge in [0.1, 0.15) is 13.2 Å². The molecule has 0 saturated carbocycles. The molecule has 0 spiro atoms. The second kappa shape index (κ2) is 6.56. The summed E-state index contributed by atoms with van der Waals surface area (Å²) in [4.78, 5) is 17.7. The molecule has 0 saturated heterocycles. The molecule has 23 heavy (non-hydrogen) atoms. The average Bonchev–Trinajstić information content (AvgIpc) is 2.59. The molecule has 6 nitrogen and oxygen atoms in total. The number of rotatable bonds is 4. The van der Waals surface area contributed by atoms with Gasteiger partial charge in [0, 0.05) is 31.4 Å². The highest BCUT2D eigenvalue weighted by Crippen LogP contribution is 2.29. The summed E-state index contributed by atoms with van der Waals surface area (Å²) in [5.74, 6) is 1.41. The van der Waals surface area contributed by atoms with E-state index in [0.717, 1.165) is 17.1 Å². The lowest BCUT2D eigenvalue weighted by atomic mass is 10.2.